The zero-order chi connectivity index (χ0) is 11.6. The lowest BCUT2D eigenvalue weighted by atomic mass is 10.2. The van der Waals surface area contributed by atoms with Crippen LogP contribution in [0, 0.1) is 0 Å². The summed E-state index contributed by atoms with van der Waals surface area (Å²) in [4.78, 5) is 2.10. The van der Waals surface area contributed by atoms with Gasteiger partial charge in [-0.25, -0.2) is 0 Å². The lowest BCUT2D eigenvalue weighted by Gasteiger charge is -2.23. The molecule has 1 aromatic rings. The van der Waals surface area contributed by atoms with Gasteiger partial charge in [-0.1, -0.05) is 37.0 Å². The third kappa shape index (κ3) is 3.07. The second kappa shape index (κ2) is 4.37. The number of phenols is 1. The summed E-state index contributed by atoms with van der Waals surface area (Å²) in [5.41, 5.74) is 1.10. The maximum absolute atomic E-state index is 9.90. The van der Waals surface area contributed by atoms with Crippen LogP contribution in [0.1, 0.15) is 5.56 Å². The molecule has 0 radical (unpaired) electrons. The SMILES string of the molecule is CN(C)Cc1c(O)cccc1[Si](C)(C)C. The third-order valence-electron chi connectivity index (χ3n) is 2.43. The molecule has 0 aliphatic carbocycles. The summed E-state index contributed by atoms with van der Waals surface area (Å²) >= 11 is 0. The fraction of sp³-hybridized carbons (Fsp3) is 0.500. The molecule has 0 aromatic heterocycles. The van der Waals surface area contributed by atoms with Crippen molar-refractivity contribution in [1.29, 1.82) is 0 Å². The Morgan fingerprint density at radius 1 is 1.20 bits per heavy atom. The van der Waals surface area contributed by atoms with Crippen molar-refractivity contribution in [3.8, 4) is 5.75 Å². The third-order valence-corrected chi connectivity index (χ3v) is 4.52. The van der Waals surface area contributed by atoms with E-state index in [2.05, 4.69) is 30.6 Å². The topological polar surface area (TPSA) is 23.5 Å². The normalized spacial score (nSPS) is 12.1. The molecule has 0 amide bonds. The number of aromatic hydroxyl groups is 1. The molecule has 15 heavy (non-hydrogen) atoms. The van der Waals surface area contributed by atoms with Crippen molar-refractivity contribution in [3.63, 3.8) is 0 Å². The van der Waals surface area contributed by atoms with E-state index in [1.807, 2.05) is 20.2 Å². The van der Waals surface area contributed by atoms with E-state index in [1.165, 1.54) is 5.19 Å². The summed E-state index contributed by atoms with van der Waals surface area (Å²) in [7, 11) is 2.69. The largest absolute Gasteiger partial charge is 0.508 e. The molecule has 2 nitrogen and oxygen atoms in total. The van der Waals surface area contributed by atoms with Gasteiger partial charge in [-0.2, -0.15) is 0 Å². The lowest BCUT2D eigenvalue weighted by Crippen LogP contribution is -2.41. The zero-order valence-corrected chi connectivity index (χ0v) is 11.3. The molecule has 0 fully saturated rings. The maximum Gasteiger partial charge on any atom is 0.119 e. The first kappa shape index (κ1) is 12.3. The van der Waals surface area contributed by atoms with Gasteiger partial charge in [0.1, 0.15) is 5.75 Å². The molecule has 0 unspecified atom stereocenters. The second-order valence-corrected chi connectivity index (χ2v) is 10.3. The van der Waals surface area contributed by atoms with E-state index in [0.29, 0.717) is 5.75 Å². The van der Waals surface area contributed by atoms with Crippen molar-refractivity contribution in [3.05, 3.63) is 23.8 Å². The van der Waals surface area contributed by atoms with Gasteiger partial charge < -0.3 is 10.0 Å². The van der Waals surface area contributed by atoms with E-state index in [4.69, 9.17) is 0 Å². The molecule has 0 saturated heterocycles. The molecule has 0 spiro atoms. The lowest BCUT2D eigenvalue weighted by molar-refractivity contribution is 0.387. The highest BCUT2D eigenvalue weighted by atomic mass is 28.3. The number of benzene rings is 1. The van der Waals surface area contributed by atoms with Gasteiger partial charge in [0, 0.05) is 12.1 Å². The van der Waals surface area contributed by atoms with Crippen LogP contribution < -0.4 is 5.19 Å². The Kier molecular flexibility index (Phi) is 3.57. The summed E-state index contributed by atoms with van der Waals surface area (Å²) < 4.78 is 0. The summed E-state index contributed by atoms with van der Waals surface area (Å²) in [5.74, 6) is 0.434. The van der Waals surface area contributed by atoms with Gasteiger partial charge in [-0.05, 0) is 20.2 Å². The van der Waals surface area contributed by atoms with E-state index in [-0.39, 0.29) is 0 Å². The summed E-state index contributed by atoms with van der Waals surface area (Å²) in [6.45, 7) is 7.73. The highest BCUT2D eigenvalue weighted by Crippen LogP contribution is 2.18. The molecule has 0 heterocycles. The summed E-state index contributed by atoms with van der Waals surface area (Å²) in [5, 5.41) is 11.3. The quantitative estimate of drug-likeness (QED) is 0.792. The summed E-state index contributed by atoms with van der Waals surface area (Å²) in [6, 6.07) is 5.88. The Morgan fingerprint density at radius 3 is 2.27 bits per heavy atom. The number of phenolic OH excluding ortho intramolecular Hbond substituents is 1. The molecular formula is C12H21NOSi. The van der Waals surface area contributed by atoms with Crippen molar-refractivity contribution >= 4 is 13.3 Å². The van der Waals surface area contributed by atoms with Gasteiger partial charge >= 0.3 is 0 Å². The Hall–Kier alpha value is -0.803. The minimum atomic E-state index is -1.36. The van der Waals surface area contributed by atoms with Crippen molar-refractivity contribution in [2.45, 2.75) is 26.2 Å². The van der Waals surface area contributed by atoms with Crippen molar-refractivity contribution in [2.24, 2.45) is 0 Å². The highest BCUT2D eigenvalue weighted by Gasteiger charge is 2.21. The number of hydrogen-bond acceptors (Lipinski definition) is 2. The molecule has 0 bridgehead atoms. The highest BCUT2D eigenvalue weighted by molar-refractivity contribution is 6.89. The van der Waals surface area contributed by atoms with E-state index >= 15 is 0 Å². The van der Waals surface area contributed by atoms with Gasteiger partial charge in [0.15, 0.2) is 0 Å². The van der Waals surface area contributed by atoms with Crippen molar-refractivity contribution in [2.75, 3.05) is 14.1 Å². The smallest absolute Gasteiger partial charge is 0.119 e. The average Bonchev–Trinajstić information content (AvgIpc) is 2.05. The van der Waals surface area contributed by atoms with Crippen molar-refractivity contribution in [1.82, 2.24) is 4.90 Å². The Bertz CT molecular complexity index is 342. The van der Waals surface area contributed by atoms with Crippen molar-refractivity contribution < 1.29 is 5.11 Å². The zero-order valence-electron chi connectivity index (χ0n) is 10.3. The van der Waals surface area contributed by atoms with E-state index in [0.717, 1.165) is 12.1 Å². The van der Waals surface area contributed by atoms with Crippen LogP contribution in [0.25, 0.3) is 0 Å². The maximum atomic E-state index is 9.90. The van der Waals surface area contributed by atoms with Crippen LogP contribution in [-0.2, 0) is 6.54 Å². The average molecular weight is 223 g/mol. The molecule has 0 atom stereocenters. The molecular weight excluding hydrogens is 202 g/mol. The number of hydrogen-bond donors (Lipinski definition) is 1. The van der Waals surface area contributed by atoms with Gasteiger partial charge in [0.25, 0.3) is 0 Å². The van der Waals surface area contributed by atoms with Crippen LogP contribution in [0.3, 0.4) is 0 Å². The summed E-state index contributed by atoms with van der Waals surface area (Å²) in [6.07, 6.45) is 0. The predicted octanol–water partition coefficient (Wildman–Crippen LogP) is 2.00. The van der Waals surface area contributed by atoms with Gasteiger partial charge in [-0.15, -0.1) is 0 Å². The molecule has 0 aliphatic rings. The Balaban J connectivity index is 3.21. The van der Waals surface area contributed by atoms with Crippen LogP contribution in [0.15, 0.2) is 18.2 Å². The molecule has 1 aromatic carbocycles. The molecule has 0 aliphatic heterocycles. The molecule has 1 rings (SSSR count). The van der Waals surface area contributed by atoms with Crippen LogP contribution in [0.4, 0.5) is 0 Å². The standard InChI is InChI=1S/C12H21NOSi/c1-13(2)9-10-11(14)7-6-8-12(10)15(3,4)5/h6-8,14H,9H2,1-5H3. The molecule has 3 heteroatoms. The van der Waals surface area contributed by atoms with Crippen LogP contribution >= 0.6 is 0 Å². The molecule has 1 N–H and O–H groups in total. The first-order valence-corrected chi connectivity index (χ1v) is 8.78. The second-order valence-electron chi connectivity index (χ2n) is 5.29. The first-order chi connectivity index (χ1) is 6.82. The van der Waals surface area contributed by atoms with Crippen LogP contribution in [0.2, 0.25) is 19.6 Å². The Morgan fingerprint density at radius 2 is 1.80 bits per heavy atom. The number of rotatable bonds is 3. The molecule has 0 saturated carbocycles. The fourth-order valence-electron chi connectivity index (χ4n) is 1.76. The first-order valence-electron chi connectivity index (χ1n) is 5.28. The van der Waals surface area contributed by atoms with E-state index < -0.39 is 8.07 Å². The van der Waals surface area contributed by atoms with Crippen LogP contribution in [-0.4, -0.2) is 32.2 Å². The van der Waals surface area contributed by atoms with Crippen LogP contribution in [0.5, 0.6) is 5.75 Å². The minimum Gasteiger partial charge on any atom is -0.508 e. The van der Waals surface area contributed by atoms with Gasteiger partial charge in [-0.3, -0.25) is 0 Å². The van der Waals surface area contributed by atoms with Gasteiger partial charge in [0.2, 0.25) is 0 Å². The van der Waals surface area contributed by atoms with E-state index in [9.17, 15) is 5.11 Å². The molecule has 84 valence electrons. The predicted molar refractivity (Wildman–Crippen MR) is 68.5 cm³/mol. The monoisotopic (exact) mass is 223 g/mol. The number of nitrogens with zero attached hydrogens (tertiary/aromatic N) is 1. The van der Waals surface area contributed by atoms with E-state index in [1.54, 1.807) is 6.07 Å². The minimum absolute atomic E-state index is 0.434. The van der Waals surface area contributed by atoms with Gasteiger partial charge in [0.05, 0.1) is 8.07 Å². The fourth-order valence-corrected chi connectivity index (χ4v) is 3.47. The Labute approximate surface area is 93.6 Å².